The molecule has 17 heavy (non-hydrogen) atoms. The number of hydrogen-bond acceptors (Lipinski definition) is 4. The summed E-state index contributed by atoms with van der Waals surface area (Å²) < 4.78 is 0. The molecule has 1 aliphatic heterocycles. The number of carboxylic acid groups (broad SMARTS) is 1. The smallest absolute Gasteiger partial charge is 0.326 e. The van der Waals surface area contributed by atoms with Crippen molar-refractivity contribution in [3.63, 3.8) is 0 Å². The standard InChI is InChI=1S/C11H20N2O4/c14-7-5-9(11(16)17)13-10(15)8-4-2-1-3-6-12-8/h8-9,12,14H,1-7H2,(H,13,15)(H,16,17)/t8?,9-/m1/s1. The number of aliphatic carboxylic acids is 1. The van der Waals surface area contributed by atoms with Gasteiger partial charge in [0.2, 0.25) is 5.91 Å². The van der Waals surface area contributed by atoms with Crippen molar-refractivity contribution >= 4 is 11.9 Å². The molecule has 1 fully saturated rings. The quantitative estimate of drug-likeness (QED) is 0.521. The van der Waals surface area contributed by atoms with Crippen LogP contribution in [0.5, 0.6) is 0 Å². The Balaban J connectivity index is 2.47. The fraction of sp³-hybridized carbons (Fsp3) is 0.818. The molecule has 1 saturated heterocycles. The summed E-state index contributed by atoms with van der Waals surface area (Å²) in [4.78, 5) is 22.7. The summed E-state index contributed by atoms with van der Waals surface area (Å²) in [6.45, 7) is 0.533. The maximum atomic E-state index is 11.8. The Labute approximate surface area is 100 Å². The van der Waals surface area contributed by atoms with Gasteiger partial charge in [0.1, 0.15) is 6.04 Å². The fourth-order valence-electron chi connectivity index (χ4n) is 1.91. The minimum Gasteiger partial charge on any atom is -0.480 e. The van der Waals surface area contributed by atoms with Gasteiger partial charge in [-0.25, -0.2) is 4.79 Å². The lowest BCUT2D eigenvalue weighted by Gasteiger charge is -2.19. The van der Waals surface area contributed by atoms with Crippen LogP contribution in [0.15, 0.2) is 0 Å². The van der Waals surface area contributed by atoms with E-state index in [0.29, 0.717) is 0 Å². The van der Waals surface area contributed by atoms with E-state index >= 15 is 0 Å². The van der Waals surface area contributed by atoms with E-state index in [1.807, 2.05) is 0 Å². The molecule has 0 spiro atoms. The third-order valence-corrected chi connectivity index (χ3v) is 2.91. The monoisotopic (exact) mass is 244 g/mol. The van der Waals surface area contributed by atoms with Crippen molar-refractivity contribution in [2.24, 2.45) is 0 Å². The normalized spacial score (nSPS) is 22.5. The molecule has 0 bridgehead atoms. The third kappa shape index (κ3) is 4.70. The molecule has 0 aromatic carbocycles. The van der Waals surface area contributed by atoms with Gasteiger partial charge >= 0.3 is 5.97 Å². The van der Waals surface area contributed by atoms with E-state index in [1.54, 1.807) is 0 Å². The van der Waals surface area contributed by atoms with Crippen LogP contribution in [0, 0.1) is 0 Å². The van der Waals surface area contributed by atoms with Gasteiger partial charge in [-0.05, 0) is 19.4 Å². The Morgan fingerprint density at radius 1 is 1.35 bits per heavy atom. The molecule has 0 aliphatic carbocycles. The molecule has 1 heterocycles. The van der Waals surface area contributed by atoms with Gasteiger partial charge in [-0.1, -0.05) is 12.8 Å². The Bertz CT molecular complexity index is 262. The van der Waals surface area contributed by atoms with Crippen LogP contribution < -0.4 is 10.6 Å². The first-order chi connectivity index (χ1) is 8.15. The maximum absolute atomic E-state index is 11.8. The zero-order valence-corrected chi connectivity index (χ0v) is 9.82. The van der Waals surface area contributed by atoms with Gasteiger partial charge in [-0.15, -0.1) is 0 Å². The molecule has 6 nitrogen and oxygen atoms in total. The highest BCUT2D eigenvalue weighted by Gasteiger charge is 2.25. The Morgan fingerprint density at radius 3 is 2.76 bits per heavy atom. The van der Waals surface area contributed by atoms with Gasteiger partial charge < -0.3 is 20.8 Å². The largest absolute Gasteiger partial charge is 0.480 e. The van der Waals surface area contributed by atoms with Crippen molar-refractivity contribution in [1.29, 1.82) is 0 Å². The Morgan fingerprint density at radius 2 is 2.12 bits per heavy atom. The molecular weight excluding hydrogens is 224 g/mol. The van der Waals surface area contributed by atoms with Gasteiger partial charge in [-0.3, -0.25) is 4.79 Å². The molecule has 1 unspecified atom stereocenters. The molecule has 98 valence electrons. The highest BCUT2D eigenvalue weighted by molar-refractivity contribution is 5.86. The fourth-order valence-corrected chi connectivity index (χ4v) is 1.91. The number of carbonyl (C=O) groups excluding carboxylic acids is 1. The zero-order valence-electron chi connectivity index (χ0n) is 9.82. The van der Waals surface area contributed by atoms with Crippen LogP contribution >= 0.6 is 0 Å². The highest BCUT2D eigenvalue weighted by atomic mass is 16.4. The van der Waals surface area contributed by atoms with Crippen LogP contribution in [0.3, 0.4) is 0 Å². The molecule has 0 radical (unpaired) electrons. The van der Waals surface area contributed by atoms with E-state index in [2.05, 4.69) is 10.6 Å². The van der Waals surface area contributed by atoms with Crippen LogP contribution in [0.4, 0.5) is 0 Å². The minimum absolute atomic E-state index is 0.0355. The average molecular weight is 244 g/mol. The zero-order chi connectivity index (χ0) is 12.7. The van der Waals surface area contributed by atoms with Gasteiger partial charge in [0, 0.05) is 13.0 Å². The van der Waals surface area contributed by atoms with Crippen molar-refractivity contribution in [1.82, 2.24) is 10.6 Å². The van der Waals surface area contributed by atoms with Gasteiger partial charge in [-0.2, -0.15) is 0 Å². The molecule has 4 N–H and O–H groups in total. The lowest BCUT2D eigenvalue weighted by molar-refractivity contribution is -0.142. The number of amides is 1. The van der Waals surface area contributed by atoms with E-state index in [1.165, 1.54) is 0 Å². The lowest BCUT2D eigenvalue weighted by Crippen LogP contribution is -2.50. The van der Waals surface area contributed by atoms with Crippen molar-refractivity contribution < 1.29 is 19.8 Å². The summed E-state index contributed by atoms with van der Waals surface area (Å²) in [6, 6.07) is -1.31. The van der Waals surface area contributed by atoms with E-state index in [-0.39, 0.29) is 25.0 Å². The Hall–Kier alpha value is -1.14. The summed E-state index contributed by atoms with van der Waals surface area (Å²) in [6.07, 6.45) is 3.88. The summed E-state index contributed by atoms with van der Waals surface area (Å²) in [7, 11) is 0. The van der Waals surface area contributed by atoms with Crippen LogP contribution in [0.2, 0.25) is 0 Å². The van der Waals surface area contributed by atoms with Crippen molar-refractivity contribution in [3.05, 3.63) is 0 Å². The van der Waals surface area contributed by atoms with Crippen LogP contribution in [-0.2, 0) is 9.59 Å². The number of nitrogens with one attached hydrogen (secondary N) is 2. The molecular formula is C11H20N2O4. The van der Waals surface area contributed by atoms with Crippen LogP contribution in [-0.4, -0.2) is 47.3 Å². The third-order valence-electron chi connectivity index (χ3n) is 2.91. The first-order valence-corrected chi connectivity index (χ1v) is 6.02. The van der Waals surface area contributed by atoms with E-state index in [4.69, 9.17) is 10.2 Å². The number of hydrogen-bond donors (Lipinski definition) is 4. The second-order valence-electron chi connectivity index (χ2n) is 4.27. The molecule has 1 rings (SSSR count). The van der Waals surface area contributed by atoms with Gasteiger partial charge in [0.05, 0.1) is 6.04 Å². The highest BCUT2D eigenvalue weighted by Crippen LogP contribution is 2.08. The predicted molar refractivity (Wildman–Crippen MR) is 61.5 cm³/mol. The number of rotatable bonds is 5. The molecule has 0 aromatic rings. The second-order valence-corrected chi connectivity index (χ2v) is 4.27. The summed E-state index contributed by atoms with van der Waals surface area (Å²) in [5, 5.41) is 23.1. The number of carbonyl (C=O) groups is 2. The van der Waals surface area contributed by atoms with Crippen molar-refractivity contribution in [3.8, 4) is 0 Å². The average Bonchev–Trinajstić information content (AvgIpc) is 2.56. The van der Waals surface area contributed by atoms with E-state index < -0.39 is 12.0 Å². The summed E-state index contributed by atoms with van der Waals surface area (Å²) in [5.41, 5.74) is 0. The molecule has 0 aromatic heterocycles. The summed E-state index contributed by atoms with van der Waals surface area (Å²) >= 11 is 0. The number of carboxylic acids is 1. The van der Waals surface area contributed by atoms with Gasteiger partial charge in [0.25, 0.3) is 0 Å². The van der Waals surface area contributed by atoms with Crippen LogP contribution in [0.25, 0.3) is 0 Å². The van der Waals surface area contributed by atoms with Crippen molar-refractivity contribution in [2.75, 3.05) is 13.2 Å². The van der Waals surface area contributed by atoms with E-state index in [0.717, 1.165) is 32.2 Å². The number of aliphatic hydroxyl groups is 1. The number of aliphatic hydroxyl groups excluding tert-OH is 1. The van der Waals surface area contributed by atoms with Gasteiger partial charge in [0.15, 0.2) is 0 Å². The molecule has 0 saturated carbocycles. The second kappa shape index (κ2) is 7.24. The molecule has 2 atom stereocenters. The van der Waals surface area contributed by atoms with Crippen LogP contribution in [0.1, 0.15) is 32.1 Å². The van der Waals surface area contributed by atoms with E-state index in [9.17, 15) is 9.59 Å². The Kier molecular flexibility index (Phi) is 5.93. The minimum atomic E-state index is -1.11. The summed E-state index contributed by atoms with van der Waals surface area (Å²) in [5.74, 6) is -1.39. The topological polar surface area (TPSA) is 98.7 Å². The first kappa shape index (κ1) is 13.9. The lowest BCUT2D eigenvalue weighted by atomic mass is 10.1. The molecule has 1 amide bonds. The first-order valence-electron chi connectivity index (χ1n) is 6.02. The SMILES string of the molecule is O=C(N[C@H](CCO)C(=O)O)C1CCCCCN1. The predicted octanol–water partition coefficient (Wildman–Crippen LogP) is -0.530. The molecule has 1 aliphatic rings. The molecule has 6 heteroatoms. The maximum Gasteiger partial charge on any atom is 0.326 e. The van der Waals surface area contributed by atoms with Crippen molar-refractivity contribution in [2.45, 2.75) is 44.2 Å².